The molecule has 0 aliphatic carbocycles. The minimum Gasteiger partial charge on any atom is -0.490 e. The van der Waals surface area contributed by atoms with Crippen molar-refractivity contribution in [1.82, 2.24) is 5.32 Å². The van der Waals surface area contributed by atoms with Gasteiger partial charge in [0.15, 0.2) is 18.1 Å². The Balaban J connectivity index is 1.58. The standard InChI is InChI=1S/C25H27ClN2O3/c1-3-30-24-15-19(16-27-18(2)20-10-12-21(26)13-11-20)9-14-23(24)31-17-25(29)28-22-7-5-4-6-8-22/h4-15,18,27H,3,16-17H2,1-2H3,(H,28,29)/t18-/m1/s1. The molecule has 0 radical (unpaired) electrons. The summed E-state index contributed by atoms with van der Waals surface area (Å²) >= 11 is 5.97. The first kappa shape index (κ1) is 22.7. The van der Waals surface area contributed by atoms with E-state index < -0.39 is 0 Å². The van der Waals surface area contributed by atoms with Crippen LogP contribution in [0.25, 0.3) is 0 Å². The molecule has 0 aromatic heterocycles. The SMILES string of the molecule is CCOc1cc(CN[C@H](C)c2ccc(Cl)cc2)ccc1OCC(=O)Nc1ccccc1. The van der Waals surface area contributed by atoms with Gasteiger partial charge in [0.05, 0.1) is 6.61 Å². The molecule has 3 aromatic rings. The number of carbonyl (C=O) groups is 1. The molecule has 162 valence electrons. The molecule has 0 aliphatic heterocycles. The molecule has 0 saturated carbocycles. The number of halogens is 1. The van der Waals surface area contributed by atoms with E-state index in [-0.39, 0.29) is 18.6 Å². The highest BCUT2D eigenvalue weighted by Gasteiger charge is 2.11. The van der Waals surface area contributed by atoms with Gasteiger partial charge in [-0.05, 0) is 61.4 Å². The predicted octanol–water partition coefficient (Wildman–Crippen LogP) is 5.61. The predicted molar refractivity (Wildman–Crippen MR) is 125 cm³/mol. The van der Waals surface area contributed by atoms with E-state index in [1.807, 2.05) is 79.7 Å². The molecule has 0 bridgehead atoms. The molecule has 0 fully saturated rings. The van der Waals surface area contributed by atoms with Crippen molar-refractivity contribution in [2.45, 2.75) is 26.4 Å². The van der Waals surface area contributed by atoms with Crippen LogP contribution in [0.15, 0.2) is 72.8 Å². The fourth-order valence-electron chi connectivity index (χ4n) is 3.05. The highest BCUT2D eigenvalue weighted by atomic mass is 35.5. The van der Waals surface area contributed by atoms with E-state index in [1.165, 1.54) is 5.56 Å². The maximum absolute atomic E-state index is 12.2. The van der Waals surface area contributed by atoms with Gasteiger partial charge in [-0.3, -0.25) is 4.79 Å². The van der Waals surface area contributed by atoms with E-state index in [2.05, 4.69) is 17.6 Å². The number of carbonyl (C=O) groups excluding carboxylic acids is 1. The Labute approximate surface area is 188 Å². The quantitative estimate of drug-likeness (QED) is 0.432. The molecule has 2 N–H and O–H groups in total. The molecule has 3 aromatic carbocycles. The second-order valence-corrected chi connectivity index (χ2v) is 7.51. The Hall–Kier alpha value is -3.02. The van der Waals surface area contributed by atoms with Crippen LogP contribution in [-0.4, -0.2) is 19.1 Å². The average molecular weight is 439 g/mol. The Bertz CT molecular complexity index is 978. The lowest BCUT2D eigenvalue weighted by Crippen LogP contribution is -2.20. The molecule has 0 heterocycles. The van der Waals surface area contributed by atoms with Crippen molar-refractivity contribution in [3.05, 3.63) is 88.9 Å². The summed E-state index contributed by atoms with van der Waals surface area (Å²) in [6, 6.07) is 23.0. The van der Waals surface area contributed by atoms with E-state index in [0.717, 1.165) is 16.3 Å². The minimum atomic E-state index is -0.226. The highest BCUT2D eigenvalue weighted by molar-refractivity contribution is 6.30. The third-order valence-corrected chi connectivity index (χ3v) is 4.96. The zero-order valence-corrected chi connectivity index (χ0v) is 18.5. The number of benzene rings is 3. The first-order valence-electron chi connectivity index (χ1n) is 10.3. The fourth-order valence-corrected chi connectivity index (χ4v) is 3.18. The van der Waals surface area contributed by atoms with E-state index in [4.69, 9.17) is 21.1 Å². The van der Waals surface area contributed by atoms with E-state index in [1.54, 1.807) is 0 Å². The number of ether oxygens (including phenoxy) is 2. The highest BCUT2D eigenvalue weighted by Crippen LogP contribution is 2.29. The number of anilines is 1. The molecule has 31 heavy (non-hydrogen) atoms. The van der Waals surface area contributed by atoms with Gasteiger partial charge in [-0.15, -0.1) is 0 Å². The van der Waals surface area contributed by atoms with Crippen LogP contribution in [0.2, 0.25) is 5.02 Å². The maximum Gasteiger partial charge on any atom is 0.262 e. The molecule has 5 nitrogen and oxygen atoms in total. The van der Waals surface area contributed by atoms with Crippen molar-refractivity contribution < 1.29 is 14.3 Å². The summed E-state index contributed by atoms with van der Waals surface area (Å²) in [5.74, 6) is 0.934. The van der Waals surface area contributed by atoms with Gasteiger partial charge < -0.3 is 20.1 Å². The molecule has 1 atom stereocenters. The lowest BCUT2D eigenvalue weighted by atomic mass is 10.1. The van der Waals surface area contributed by atoms with E-state index in [0.29, 0.717) is 24.7 Å². The van der Waals surface area contributed by atoms with Gasteiger partial charge in [-0.25, -0.2) is 0 Å². The minimum absolute atomic E-state index is 0.0971. The Morgan fingerprint density at radius 2 is 1.71 bits per heavy atom. The van der Waals surface area contributed by atoms with E-state index >= 15 is 0 Å². The lowest BCUT2D eigenvalue weighted by Gasteiger charge is -2.16. The maximum atomic E-state index is 12.2. The van der Waals surface area contributed by atoms with Crippen LogP contribution >= 0.6 is 11.6 Å². The summed E-state index contributed by atoms with van der Waals surface area (Å²) in [5, 5.41) is 7.03. The smallest absolute Gasteiger partial charge is 0.262 e. The van der Waals surface area contributed by atoms with Crippen LogP contribution in [0.3, 0.4) is 0 Å². The van der Waals surface area contributed by atoms with Gasteiger partial charge >= 0.3 is 0 Å². The topological polar surface area (TPSA) is 59.6 Å². The Morgan fingerprint density at radius 3 is 2.42 bits per heavy atom. The Morgan fingerprint density at radius 1 is 0.968 bits per heavy atom. The number of rotatable bonds is 10. The summed E-state index contributed by atoms with van der Waals surface area (Å²) in [5.41, 5.74) is 2.96. The Kier molecular flexibility index (Phi) is 8.33. The van der Waals surface area contributed by atoms with Gasteiger partial charge in [-0.1, -0.05) is 48.0 Å². The summed E-state index contributed by atoms with van der Waals surface area (Å²) in [6.07, 6.45) is 0. The molecule has 0 saturated heterocycles. The zero-order chi connectivity index (χ0) is 22.1. The van der Waals surface area contributed by atoms with E-state index in [9.17, 15) is 4.79 Å². The number of amides is 1. The number of hydrogen-bond acceptors (Lipinski definition) is 4. The summed E-state index contributed by atoms with van der Waals surface area (Å²) in [6.45, 7) is 5.10. The van der Waals surface area contributed by atoms with Gasteiger partial charge in [0.1, 0.15) is 0 Å². The molecule has 6 heteroatoms. The molecule has 1 amide bonds. The molecule has 0 aliphatic rings. The van der Waals surface area contributed by atoms with Gasteiger partial charge in [0.25, 0.3) is 5.91 Å². The van der Waals surface area contributed by atoms with Crippen LogP contribution < -0.4 is 20.1 Å². The number of hydrogen-bond donors (Lipinski definition) is 2. The van der Waals surface area contributed by atoms with Crippen LogP contribution in [0.5, 0.6) is 11.5 Å². The summed E-state index contributed by atoms with van der Waals surface area (Å²) < 4.78 is 11.4. The molecule has 3 rings (SSSR count). The lowest BCUT2D eigenvalue weighted by molar-refractivity contribution is -0.118. The van der Waals surface area contributed by atoms with Crippen LogP contribution in [0, 0.1) is 0 Å². The molecule has 0 unspecified atom stereocenters. The van der Waals surface area contributed by atoms with Crippen molar-refractivity contribution >= 4 is 23.2 Å². The van der Waals surface area contributed by atoms with Crippen molar-refractivity contribution in [2.75, 3.05) is 18.5 Å². The van der Waals surface area contributed by atoms with Gasteiger partial charge in [0.2, 0.25) is 0 Å². The second-order valence-electron chi connectivity index (χ2n) is 7.07. The number of para-hydroxylation sites is 1. The molecular formula is C25H27ClN2O3. The second kappa shape index (κ2) is 11.4. The average Bonchev–Trinajstić information content (AvgIpc) is 2.78. The summed E-state index contributed by atoms with van der Waals surface area (Å²) in [4.78, 5) is 12.2. The largest absolute Gasteiger partial charge is 0.490 e. The third-order valence-electron chi connectivity index (χ3n) is 4.71. The monoisotopic (exact) mass is 438 g/mol. The first-order valence-corrected chi connectivity index (χ1v) is 10.6. The third kappa shape index (κ3) is 7.02. The van der Waals surface area contributed by atoms with Gasteiger partial charge in [0, 0.05) is 23.3 Å². The molecular weight excluding hydrogens is 412 g/mol. The van der Waals surface area contributed by atoms with Crippen molar-refractivity contribution in [1.29, 1.82) is 0 Å². The van der Waals surface area contributed by atoms with Gasteiger partial charge in [-0.2, -0.15) is 0 Å². The first-order chi connectivity index (χ1) is 15.0. The van der Waals surface area contributed by atoms with Crippen LogP contribution in [-0.2, 0) is 11.3 Å². The van der Waals surface area contributed by atoms with Crippen molar-refractivity contribution in [3.8, 4) is 11.5 Å². The zero-order valence-electron chi connectivity index (χ0n) is 17.7. The number of nitrogens with one attached hydrogen (secondary N) is 2. The normalized spacial score (nSPS) is 11.6. The van der Waals surface area contributed by atoms with Crippen molar-refractivity contribution in [2.24, 2.45) is 0 Å². The summed E-state index contributed by atoms with van der Waals surface area (Å²) in [7, 11) is 0. The van der Waals surface area contributed by atoms with Crippen molar-refractivity contribution in [3.63, 3.8) is 0 Å². The van der Waals surface area contributed by atoms with Crippen LogP contribution in [0.4, 0.5) is 5.69 Å². The fraction of sp³-hybridized carbons (Fsp3) is 0.240. The van der Waals surface area contributed by atoms with Crippen LogP contribution in [0.1, 0.15) is 31.0 Å². The molecule has 0 spiro atoms.